The van der Waals surface area contributed by atoms with Crippen LogP contribution >= 0.6 is 0 Å². The summed E-state index contributed by atoms with van der Waals surface area (Å²) in [7, 11) is 0. The molecule has 1 heterocycles. The van der Waals surface area contributed by atoms with Crippen LogP contribution in [0, 0.1) is 0 Å². The van der Waals surface area contributed by atoms with Gasteiger partial charge in [-0.15, -0.1) is 0 Å². The van der Waals surface area contributed by atoms with Crippen molar-refractivity contribution in [2.45, 2.75) is 19.8 Å². The highest BCUT2D eigenvalue weighted by molar-refractivity contribution is 5.85. The highest BCUT2D eigenvalue weighted by Crippen LogP contribution is 2.17. The van der Waals surface area contributed by atoms with Crippen molar-refractivity contribution < 1.29 is 14.5 Å². The summed E-state index contributed by atoms with van der Waals surface area (Å²) in [5, 5.41) is 5.43. The zero-order chi connectivity index (χ0) is 16.5. The first-order chi connectivity index (χ1) is 11.2. The summed E-state index contributed by atoms with van der Waals surface area (Å²) in [6.07, 6.45) is 4.09. The van der Waals surface area contributed by atoms with E-state index in [2.05, 4.69) is 28.8 Å². The minimum atomic E-state index is -0.125. The van der Waals surface area contributed by atoms with E-state index in [4.69, 9.17) is 0 Å². The summed E-state index contributed by atoms with van der Waals surface area (Å²) in [6.45, 7) is 4.92. The molecular weight excluding hydrogens is 290 g/mol. The van der Waals surface area contributed by atoms with Crippen LogP contribution < -0.4 is 15.5 Å². The lowest BCUT2D eigenvalue weighted by molar-refractivity contribution is -0.886. The molecule has 3 N–H and O–H groups in total. The van der Waals surface area contributed by atoms with E-state index in [0.29, 0.717) is 13.1 Å². The number of carbonyl (C=O) groups excluding carboxylic acids is 2. The molecule has 0 aliphatic carbocycles. The molecule has 1 aliphatic rings. The Morgan fingerprint density at radius 2 is 1.91 bits per heavy atom. The zero-order valence-corrected chi connectivity index (χ0v) is 13.7. The lowest BCUT2D eigenvalue weighted by Crippen LogP contribution is -3.13. The van der Waals surface area contributed by atoms with E-state index >= 15 is 0 Å². The molecule has 1 atom stereocenters. The Labute approximate surface area is 137 Å². The van der Waals surface area contributed by atoms with Crippen molar-refractivity contribution in [2.75, 3.05) is 32.7 Å². The smallest absolute Gasteiger partial charge is 0.275 e. The minimum absolute atomic E-state index is 0.0665. The maximum absolute atomic E-state index is 11.9. The van der Waals surface area contributed by atoms with Crippen LogP contribution in [0.1, 0.15) is 25.3 Å². The van der Waals surface area contributed by atoms with Gasteiger partial charge in [0.15, 0.2) is 6.54 Å². The van der Waals surface area contributed by atoms with Crippen molar-refractivity contribution in [3.63, 3.8) is 0 Å². The molecule has 2 amide bonds. The molecule has 0 saturated carbocycles. The quantitative estimate of drug-likeness (QED) is 0.663. The lowest BCUT2D eigenvalue weighted by Gasteiger charge is -2.23. The number of benzene rings is 1. The van der Waals surface area contributed by atoms with Crippen molar-refractivity contribution in [3.05, 3.63) is 42.0 Å². The Kier molecular flexibility index (Phi) is 6.81. The van der Waals surface area contributed by atoms with Crippen LogP contribution in [-0.2, 0) is 9.59 Å². The van der Waals surface area contributed by atoms with Crippen LogP contribution in [0.5, 0.6) is 0 Å². The average molecular weight is 316 g/mol. The number of rotatable bonds is 7. The van der Waals surface area contributed by atoms with E-state index < -0.39 is 0 Å². The van der Waals surface area contributed by atoms with Crippen LogP contribution in [0.15, 0.2) is 36.4 Å². The van der Waals surface area contributed by atoms with Gasteiger partial charge in [0.2, 0.25) is 5.91 Å². The van der Waals surface area contributed by atoms with Crippen molar-refractivity contribution in [1.82, 2.24) is 10.6 Å². The molecule has 0 aromatic heterocycles. The van der Waals surface area contributed by atoms with Gasteiger partial charge >= 0.3 is 0 Å². The Bertz CT molecular complexity index is 555. The van der Waals surface area contributed by atoms with E-state index in [-0.39, 0.29) is 18.4 Å². The maximum Gasteiger partial charge on any atom is 0.275 e. The van der Waals surface area contributed by atoms with Crippen LogP contribution in [0.4, 0.5) is 0 Å². The Hall–Kier alpha value is -2.14. The van der Waals surface area contributed by atoms with Gasteiger partial charge < -0.3 is 15.5 Å². The van der Waals surface area contributed by atoms with Gasteiger partial charge in [-0.05, 0) is 23.6 Å². The molecule has 0 radical (unpaired) electrons. The molecule has 0 fully saturated rings. The van der Waals surface area contributed by atoms with Gasteiger partial charge in [-0.2, -0.15) is 0 Å². The molecule has 5 heteroatoms. The van der Waals surface area contributed by atoms with Gasteiger partial charge in [0.25, 0.3) is 5.91 Å². The first-order valence-corrected chi connectivity index (χ1v) is 8.30. The standard InChI is InChI=1S/C18H25N3O2/c1-2-10-19-17(22)13-20-18(23)14-21-11-8-16(9-12-21)15-6-4-3-5-7-15/h3-8H,2,9-14H2,1H3,(H,19,22)(H,20,23)/p+1. The number of amides is 2. The fourth-order valence-corrected chi connectivity index (χ4v) is 2.65. The van der Waals surface area contributed by atoms with E-state index in [1.54, 1.807) is 0 Å². The van der Waals surface area contributed by atoms with E-state index in [1.165, 1.54) is 16.0 Å². The van der Waals surface area contributed by atoms with Crippen LogP contribution in [0.3, 0.4) is 0 Å². The second kappa shape index (κ2) is 9.10. The highest BCUT2D eigenvalue weighted by atomic mass is 16.2. The fraction of sp³-hybridized carbons (Fsp3) is 0.444. The van der Waals surface area contributed by atoms with E-state index in [9.17, 15) is 9.59 Å². The molecular formula is C18H26N3O2+. The van der Waals surface area contributed by atoms with Gasteiger partial charge in [-0.3, -0.25) is 9.59 Å². The third-order valence-corrected chi connectivity index (χ3v) is 3.96. The molecule has 1 aliphatic heterocycles. The summed E-state index contributed by atoms with van der Waals surface area (Å²) in [5.41, 5.74) is 2.62. The summed E-state index contributed by atoms with van der Waals surface area (Å²) >= 11 is 0. The molecule has 0 bridgehead atoms. The van der Waals surface area contributed by atoms with Crippen molar-refractivity contribution in [3.8, 4) is 0 Å². The fourth-order valence-electron chi connectivity index (χ4n) is 2.65. The zero-order valence-electron chi connectivity index (χ0n) is 13.7. The van der Waals surface area contributed by atoms with Gasteiger partial charge in [0.1, 0.15) is 0 Å². The molecule has 1 aromatic carbocycles. The van der Waals surface area contributed by atoms with Gasteiger partial charge in [0, 0.05) is 13.0 Å². The van der Waals surface area contributed by atoms with Crippen LogP contribution in [-0.4, -0.2) is 44.5 Å². The highest BCUT2D eigenvalue weighted by Gasteiger charge is 2.19. The number of quaternary nitrogens is 1. The van der Waals surface area contributed by atoms with Crippen molar-refractivity contribution in [2.24, 2.45) is 0 Å². The molecule has 124 valence electrons. The van der Waals surface area contributed by atoms with E-state index in [0.717, 1.165) is 25.9 Å². The number of carbonyl (C=O) groups is 2. The summed E-state index contributed by atoms with van der Waals surface area (Å²) in [4.78, 5) is 24.6. The third kappa shape index (κ3) is 5.87. The summed E-state index contributed by atoms with van der Waals surface area (Å²) < 4.78 is 0. The Balaban J connectivity index is 1.72. The molecule has 0 spiro atoms. The Morgan fingerprint density at radius 1 is 1.13 bits per heavy atom. The average Bonchev–Trinajstić information content (AvgIpc) is 2.59. The van der Waals surface area contributed by atoms with Crippen LogP contribution in [0.2, 0.25) is 0 Å². The first kappa shape index (κ1) is 17.2. The summed E-state index contributed by atoms with van der Waals surface area (Å²) in [6, 6.07) is 10.4. The van der Waals surface area contributed by atoms with E-state index in [1.807, 2.05) is 25.1 Å². The molecule has 2 rings (SSSR count). The predicted molar refractivity (Wildman–Crippen MR) is 90.9 cm³/mol. The molecule has 5 nitrogen and oxygen atoms in total. The molecule has 23 heavy (non-hydrogen) atoms. The third-order valence-electron chi connectivity index (χ3n) is 3.96. The molecule has 0 saturated heterocycles. The van der Waals surface area contributed by atoms with Gasteiger partial charge in [-0.25, -0.2) is 0 Å². The van der Waals surface area contributed by atoms with Crippen LogP contribution in [0.25, 0.3) is 5.57 Å². The largest absolute Gasteiger partial charge is 0.355 e. The van der Waals surface area contributed by atoms with Gasteiger partial charge in [-0.1, -0.05) is 37.3 Å². The SMILES string of the molecule is CCCNC(=O)CNC(=O)C[NH+]1CC=C(c2ccccc2)CC1. The predicted octanol–water partition coefficient (Wildman–Crippen LogP) is 0.00100. The summed E-state index contributed by atoms with van der Waals surface area (Å²) in [5.74, 6) is -0.191. The lowest BCUT2D eigenvalue weighted by atomic mass is 10.00. The normalized spacial score (nSPS) is 17.3. The number of nitrogens with one attached hydrogen (secondary N) is 3. The second-order valence-corrected chi connectivity index (χ2v) is 5.85. The Morgan fingerprint density at radius 3 is 2.57 bits per heavy atom. The van der Waals surface area contributed by atoms with Gasteiger partial charge in [0.05, 0.1) is 19.6 Å². The number of hydrogen-bond donors (Lipinski definition) is 3. The van der Waals surface area contributed by atoms with Crippen molar-refractivity contribution >= 4 is 17.4 Å². The molecule has 1 aromatic rings. The first-order valence-electron chi connectivity index (χ1n) is 8.30. The topological polar surface area (TPSA) is 62.6 Å². The minimum Gasteiger partial charge on any atom is -0.355 e. The monoisotopic (exact) mass is 316 g/mol. The maximum atomic E-state index is 11.9. The second-order valence-electron chi connectivity index (χ2n) is 5.85. The van der Waals surface area contributed by atoms with Crippen molar-refractivity contribution in [1.29, 1.82) is 0 Å². The molecule has 1 unspecified atom stereocenters. The number of hydrogen-bond acceptors (Lipinski definition) is 2.